The van der Waals surface area contributed by atoms with E-state index in [1.807, 2.05) is 6.92 Å². The normalized spacial score (nSPS) is 16.2. The van der Waals surface area contributed by atoms with Crippen LogP contribution in [0.15, 0.2) is 51.8 Å². The average molecular weight is 411 g/mol. The van der Waals surface area contributed by atoms with Crippen LogP contribution >= 0.6 is 15.9 Å². The van der Waals surface area contributed by atoms with Gasteiger partial charge in [-0.1, -0.05) is 22.9 Å². The molecule has 0 unspecified atom stereocenters. The fourth-order valence-electron chi connectivity index (χ4n) is 2.61. The van der Waals surface area contributed by atoms with Crippen LogP contribution in [-0.4, -0.2) is 26.1 Å². The molecule has 0 radical (unpaired) electrons. The predicted molar refractivity (Wildman–Crippen MR) is 94.9 cm³/mol. The second kappa shape index (κ2) is 6.10. The molecule has 1 aliphatic heterocycles. The lowest BCUT2D eigenvalue weighted by atomic mass is 10.2. The molecule has 0 saturated carbocycles. The van der Waals surface area contributed by atoms with Crippen LogP contribution in [0.25, 0.3) is 0 Å². The molecule has 0 bridgehead atoms. The molecule has 1 aliphatic rings. The minimum absolute atomic E-state index is 0.00345. The molecule has 2 aromatic rings. The van der Waals surface area contributed by atoms with E-state index in [9.17, 15) is 18.3 Å². The molecule has 8 heteroatoms. The molecular formula is C16H15BrN2O4S. The molecule has 1 heterocycles. The highest BCUT2D eigenvalue weighted by Crippen LogP contribution is 2.39. The number of sulfonamides is 1. The lowest BCUT2D eigenvalue weighted by Crippen LogP contribution is -2.51. The summed E-state index contributed by atoms with van der Waals surface area (Å²) in [5.74, 6) is -0.0880. The number of fused-ring (bicyclic) bond motifs is 1. The number of aromatic hydroxyl groups is 1. The van der Waals surface area contributed by atoms with Crippen LogP contribution in [0.2, 0.25) is 0 Å². The third kappa shape index (κ3) is 2.65. The van der Waals surface area contributed by atoms with Gasteiger partial charge in [0.05, 0.1) is 11.4 Å². The first-order chi connectivity index (χ1) is 11.4. The van der Waals surface area contributed by atoms with Gasteiger partial charge in [0.2, 0.25) is 0 Å². The molecule has 24 heavy (non-hydrogen) atoms. The number of anilines is 2. The third-order valence-electron chi connectivity index (χ3n) is 3.66. The van der Waals surface area contributed by atoms with E-state index >= 15 is 0 Å². The van der Waals surface area contributed by atoms with E-state index in [0.717, 1.165) is 8.78 Å². The number of hydrogen-bond acceptors (Lipinski definition) is 4. The van der Waals surface area contributed by atoms with Crippen LogP contribution in [0.1, 0.15) is 13.3 Å². The van der Waals surface area contributed by atoms with Gasteiger partial charge in [-0.25, -0.2) is 13.2 Å². The number of benzene rings is 2. The highest BCUT2D eigenvalue weighted by atomic mass is 79.9. The summed E-state index contributed by atoms with van der Waals surface area (Å²) >= 11 is 3.29. The van der Waals surface area contributed by atoms with Crippen molar-refractivity contribution in [1.29, 1.82) is 0 Å². The third-order valence-corrected chi connectivity index (χ3v) is 5.94. The minimum atomic E-state index is -4.05. The molecule has 3 rings (SSSR count). The van der Waals surface area contributed by atoms with Crippen molar-refractivity contribution < 1.29 is 18.3 Å². The summed E-state index contributed by atoms with van der Waals surface area (Å²) in [7, 11) is -4.05. The van der Waals surface area contributed by atoms with Crippen molar-refractivity contribution in [2.75, 3.05) is 15.7 Å². The molecule has 126 valence electrons. The van der Waals surface area contributed by atoms with Gasteiger partial charge in [-0.05, 0) is 42.8 Å². The first-order valence-corrected chi connectivity index (χ1v) is 9.55. The van der Waals surface area contributed by atoms with Crippen molar-refractivity contribution in [3.05, 3.63) is 46.9 Å². The molecule has 2 aromatic carbocycles. The summed E-state index contributed by atoms with van der Waals surface area (Å²) in [5, 5.41) is 9.69. The fraction of sp³-hybridized carbons (Fsp3) is 0.188. The predicted octanol–water partition coefficient (Wildman–Crippen LogP) is 3.70. The number of nitrogens with zero attached hydrogens (tertiary/aromatic N) is 2. The maximum absolute atomic E-state index is 12.9. The zero-order chi connectivity index (χ0) is 17.5. The number of halogens is 1. The van der Waals surface area contributed by atoms with E-state index in [4.69, 9.17) is 0 Å². The Bertz CT molecular complexity index is 897. The number of urea groups is 1. The molecule has 2 amide bonds. The van der Waals surface area contributed by atoms with Gasteiger partial charge in [0.15, 0.2) is 0 Å². The zero-order valence-electron chi connectivity index (χ0n) is 12.8. The number of rotatable bonds is 3. The van der Waals surface area contributed by atoms with Gasteiger partial charge >= 0.3 is 6.03 Å². The van der Waals surface area contributed by atoms with Crippen LogP contribution in [0.3, 0.4) is 0 Å². The number of phenols is 1. The van der Waals surface area contributed by atoms with Crippen LogP contribution in [-0.2, 0) is 10.0 Å². The Hall–Kier alpha value is -2.06. The van der Waals surface area contributed by atoms with E-state index in [0.29, 0.717) is 13.0 Å². The maximum Gasteiger partial charge on any atom is 0.343 e. The summed E-state index contributed by atoms with van der Waals surface area (Å²) in [6, 6.07) is 9.75. The number of hydrogen-bond donors (Lipinski definition) is 1. The maximum atomic E-state index is 12.9. The summed E-state index contributed by atoms with van der Waals surface area (Å²) < 4.78 is 27.5. The van der Waals surface area contributed by atoms with E-state index in [1.165, 1.54) is 23.1 Å². The topological polar surface area (TPSA) is 77.9 Å². The van der Waals surface area contributed by atoms with E-state index < -0.39 is 16.1 Å². The van der Waals surface area contributed by atoms with Gasteiger partial charge in [0, 0.05) is 17.1 Å². The van der Waals surface area contributed by atoms with Gasteiger partial charge in [-0.15, -0.1) is 0 Å². The average Bonchev–Trinajstić information content (AvgIpc) is 2.53. The summed E-state index contributed by atoms with van der Waals surface area (Å²) in [4.78, 5) is 14.2. The van der Waals surface area contributed by atoms with Crippen molar-refractivity contribution in [3.8, 4) is 5.75 Å². The summed E-state index contributed by atoms with van der Waals surface area (Å²) in [6.07, 6.45) is 0.648. The largest absolute Gasteiger partial charge is 0.508 e. The Balaban J connectivity index is 2.23. The molecule has 0 saturated heterocycles. The Morgan fingerprint density at radius 2 is 1.79 bits per heavy atom. The monoisotopic (exact) mass is 410 g/mol. The van der Waals surface area contributed by atoms with Gasteiger partial charge in [-0.3, -0.25) is 4.90 Å². The smallest absolute Gasteiger partial charge is 0.343 e. The fourth-order valence-corrected chi connectivity index (χ4v) is 4.45. The van der Waals surface area contributed by atoms with E-state index in [2.05, 4.69) is 15.9 Å². The molecule has 1 N–H and O–H groups in total. The lowest BCUT2D eigenvalue weighted by Gasteiger charge is -2.36. The molecule has 0 aromatic heterocycles. The molecule has 0 fully saturated rings. The zero-order valence-corrected chi connectivity index (χ0v) is 15.2. The SMILES string of the molecule is CCCN1C(=O)N(c2ccc(Br)cc2)S(=O)(=O)c2ccc(O)cc21. The quantitative estimate of drug-likeness (QED) is 0.836. The second-order valence-electron chi connectivity index (χ2n) is 5.33. The second-order valence-corrected chi connectivity index (χ2v) is 8.00. The van der Waals surface area contributed by atoms with Crippen LogP contribution in [0.4, 0.5) is 16.2 Å². The number of phenolic OH excluding ortho intramolecular Hbond substituents is 1. The van der Waals surface area contributed by atoms with Gasteiger partial charge < -0.3 is 5.11 Å². The summed E-state index contributed by atoms with van der Waals surface area (Å²) in [5.41, 5.74) is 0.471. The van der Waals surface area contributed by atoms with Crippen molar-refractivity contribution in [3.63, 3.8) is 0 Å². The van der Waals surface area contributed by atoms with Crippen molar-refractivity contribution >= 4 is 43.4 Å². The van der Waals surface area contributed by atoms with Crippen molar-refractivity contribution in [2.24, 2.45) is 0 Å². The van der Waals surface area contributed by atoms with Gasteiger partial charge in [0.1, 0.15) is 10.6 Å². The van der Waals surface area contributed by atoms with Gasteiger partial charge in [-0.2, -0.15) is 4.31 Å². The first kappa shape index (κ1) is 16.8. The van der Waals surface area contributed by atoms with Gasteiger partial charge in [0.25, 0.3) is 10.0 Å². The first-order valence-electron chi connectivity index (χ1n) is 7.31. The lowest BCUT2D eigenvalue weighted by molar-refractivity contribution is 0.253. The number of carbonyl (C=O) groups is 1. The highest BCUT2D eigenvalue weighted by molar-refractivity contribution is 9.10. The van der Waals surface area contributed by atoms with Crippen molar-refractivity contribution in [2.45, 2.75) is 18.2 Å². The Morgan fingerprint density at radius 1 is 1.12 bits per heavy atom. The van der Waals surface area contributed by atoms with Crippen LogP contribution < -0.4 is 9.21 Å². The van der Waals surface area contributed by atoms with Crippen LogP contribution in [0, 0.1) is 0 Å². The van der Waals surface area contributed by atoms with Crippen LogP contribution in [0.5, 0.6) is 5.75 Å². The highest BCUT2D eigenvalue weighted by Gasteiger charge is 2.42. The Kier molecular flexibility index (Phi) is 4.27. The van der Waals surface area contributed by atoms with E-state index in [-0.39, 0.29) is 22.0 Å². The standard InChI is InChI=1S/C16H15BrN2O4S/c1-2-9-18-14-10-13(20)7-8-15(14)24(22,23)19(16(18)21)12-5-3-11(17)4-6-12/h3-8,10,20H,2,9H2,1H3. The molecule has 0 atom stereocenters. The number of carbonyl (C=O) groups excluding carboxylic acids is 1. The molecular weight excluding hydrogens is 396 g/mol. The molecule has 0 spiro atoms. The molecule has 6 nitrogen and oxygen atoms in total. The van der Waals surface area contributed by atoms with Crippen molar-refractivity contribution in [1.82, 2.24) is 0 Å². The Morgan fingerprint density at radius 3 is 2.42 bits per heavy atom. The number of amides is 2. The van der Waals surface area contributed by atoms with E-state index in [1.54, 1.807) is 24.3 Å². The molecule has 0 aliphatic carbocycles. The Labute approximate surface area is 148 Å². The summed E-state index contributed by atoms with van der Waals surface area (Å²) in [6.45, 7) is 2.24. The minimum Gasteiger partial charge on any atom is -0.508 e.